The average Bonchev–Trinajstić information content (AvgIpc) is 2.68. The van der Waals surface area contributed by atoms with Crippen molar-refractivity contribution < 1.29 is 9.59 Å². The fourth-order valence-corrected chi connectivity index (χ4v) is 2.86. The molecule has 0 radical (unpaired) electrons. The molecule has 138 valence electrons. The van der Waals surface area contributed by atoms with Crippen molar-refractivity contribution in [1.29, 1.82) is 0 Å². The normalized spacial score (nSPS) is 10.7. The van der Waals surface area contributed by atoms with Crippen LogP contribution >= 0.6 is 0 Å². The van der Waals surface area contributed by atoms with Crippen molar-refractivity contribution in [3.8, 4) is 0 Å². The van der Waals surface area contributed by atoms with Gasteiger partial charge in [-0.3, -0.25) is 19.1 Å². The minimum atomic E-state index is -0.465. The lowest BCUT2D eigenvalue weighted by Gasteiger charge is -2.23. The summed E-state index contributed by atoms with van der Waals surface area (Å²) in [6.45, 7) is 0.554. The Morgan fingerprint density at radius 2 is 1.74 bits per heavy atom. The Hall–Kier alpha value is -3.48. The number of amides is 2. The second-order valence-electron chi connectivity index (χ2n) is 6.20. The predicted octanol–water partition coefficient (Wildman–Crippen LogP) is 1.30. The highest BCUT2D eigenvalue weighted by Gasteiger charge is 2.17. The van der Waals surface area contributed by atoms with Crippen LogP contribution in [0.5, 0.6) is 0 Å². The van der Waals surface area contributed by atoms with Gasteiger partial charge < -0.3 is 10.6 Å². The number of carbonyl (C=O) groups excluding carboxylic acids is 2. The largest absolute Gasteiger partial charge is 0.370 e. The summed E-state index contributed by atoms with van der Waals surface area (Å²) in [4.78, 5) is 37.6. The smallest absolute Gasteiger partial charge is 0.244 e. The van der Waals surface area contributed by atoms with Gasteiger partial charge in [0.05, 0.1) is 11.7 Å². The molecule has 0 aliphatic carbocycles. The number of para-hydroxylation sites is 1. The molecule has 3 aromatic rings. The maximum absolute atomic E-state index is 12.9. The number of nitrogens with zero attached hydrogens (tertiary/aromatic N) is 3. The fraction of sp³-hybridized carbons (Fsp3) is 0.200. The Labute approximate surface area is 156 Å². The molecule has 0 spiro atoms. The Balaban J connectivity index is 1.84. The molecule has 7 heteroatoms. The summed E-state index contributed by atoms with van der Waals surface area (Å²) in [6.07, 6.45) is 1.29. The van der Waals surface area contributed by atoms with Crippen LogP contribution in [0.2, 0.25) is 0 Å². The number of fused-ring (bicyclic) bond motifs is 1. The fourth-order valence-electron chi connectivity index (χ4n) is 2.86. The summed E-state index contributed by atoms with van der Waals surface area (Å²) >= 11 is 0. The summed E-state index contributed by atoms with van der Waals surface area (Å²) in [5.74, 6) is -0.672. The summed E-state index contributed by atoms with van der Waals surface area (Å²) in [5.41, 5.74) is 6.60. The predicted molar refractivity (Wildman–Crippen MR) is 102 cm³/mol. The molecule has 0 saturated heterocycles. The van der Waals surface area contributed by atoms with E-state index in [2.05, 4.69) is 5.10 Å². The van der Waals surface area contributed by atoms with E-state index in [4.69, 9.17) is 5.73 Å². The first kappa shape index (κ1) is 18.3. The van der Waals surface area contributed by atoms with Crippen molar-refractivity contribution in [2.24, 2.45) is 5.73 Å². The van der Waals surface area contributed by atoms with E-state index in [9.17, 15) is 14.4 Å². The lowest BCUT2D eigenvalue weighted by atomic mass is 10.2. The number of aromatic nitrogens is 2. The maximum Gasteiger partial charge on any atom is 0.244 e. The molecule has 2 N–H and O–H groups in total. The molecular weight excluding hydrogens is 344 g/mol. The molecule has 2 amide bonds. The Morgan fingerprint density at radius 3 is 2.48 bits per heavy atom. The van der Waals surface area contributed by atoms with E-state index in [1.165, 1.54) is 10.9 Å². The SMILES string of the molecule is NC(=O)CCN(Cc1ccccc1)C(=O)Cn1ncc(=O)c2ccccc21. The number of hydrogen-bond donors (Lipinski definition) is 1. The van der Waals surface area contributed by atoms with Crippen LogP contribution in [0.25, 0.3) is 10.9 Å². The van der Waals surface area contributed by atoms with Crippen LogP contribution < -0.4 is 11.2 Å². The number of nitrogens with two attached hydrogens (primary N) is 1. The van der Waals surface area contributed by atoms with E-state index in [0.29, 0.717) is 17.4 Å². The van der Waals surface area contributed by atoms with Gasteiger partial charge in [0.2, 0.25) is 17.2 Å². The van der Waals surface area contributed by atoms with E-state index in [0.717, 1.165) is 5.56 Å². The molecule has 0 aliphatic rings. The number of benzene rings is 2. The van der Waals surface area contributed by atoms with Crippen LogP contribution in [0, 0.1) is 0 Å². The van der Waals surface area contributed by atoms with Gasteiger partial charge in [-0.25, -0.2) is 0 Å². The van der Waals surface area contributed by atoms with Crippen LogP contribution in [-0.4, -0.2) is 33.0 Å². The van der Waals surface area contributed by atoms with Crippen LogP contribution in [0.4, 0.5) is 0 Å². The molecule has 1 aromatic heterocycles. The van der Waals surface area contributed by atoms with E-state index in [1.807, 2.05) is 30.3 Å². The molecule has 0 saturated carbocycles. The molecule has 1 heterocycles. The third kappa shape index (κ3) is 4.58. The summed E-state index contributed by atoms with van der Waals surface area (Å²) in [5, 5.41) is 4.60. The van der Waals surface area contributed by atoms with Gasteiger partial charge in [-0.05, 0) is 17.7 Å². The van der Waals surface area contributed by atoms with E-state index < -0.39 is 5.91 Å². The van der Waals surface area contributed by atoms with Gasteiger partial charge in [0, 0.05) is 24.9 Å². The maximum atomic E-state index is 12.9. The highest BCUT2D eigenvalue weighted by molar-refractivity contribution is 5.82. The van der Waals surface area contributed by atoms with Gasteiger partial charge in [0.25, 0.3) is 0 Å². The zero-order chi connectivity index (χ0) is 19.2. The van der Waals surface area contributed by atoms with Gasteiger partial charge in [0.15, 0.2) is 0 Å². The molecule has 27 heavy (non-hydrogen) atoms. The number of rotatable bonds is 7. The van der Waals surface area contributed by atoms with Crippen LogP contribution in [0.15, 0.2) is 65.6 Å². The quantitative estimate of drug-likeness (QED) is 0.683. The summed E-state index contributed by atoms with van der Waals surface area (Å²) in [6, 6.07) is 16.5. The van der Waals surface area contributed by atoms with Crippen molar-refractivity contribution in [3.05, 3.63) is 76.6 Å². The second-order valence-corrected chi connectivity index (χ2v) is 6.20. The number of hydrogen-bond acceptors (Lipinski definition) is 4. The molecule has 0 aliphatic heterocycles. The highest BCUT2D eigenvalue weighted by atomic mass is 16.2. The summed E-state index contributed by atoms with van der Waals surface area (Å²) < 4.78 is 1.50. The topological polar surface area (TPSA) is 98.3 Å². The monoisotopic (exact) mass is 364 g/mol. The Morgan fingerprint density at radius 1 is 1.04 bits per heavy atom. The van der Waals surface area contributed by atoms with Crippen molar-refractivity contribution in [3.63, 3.8) is 0 Å². The van der Waals surface area contributed by atoms with Gasteiger partial charge in [0.1, 0.15) is 6.54 Å². The molecule has 0 fully saturated rings. The molecular formula is C20H20N4O3. The minimum Gasteiger partial charge on any atom is -0.370 e. The standard InChI is InChI=1S/C20H20N4O3/c21-19(26)10-11-23(13-15-6-2-1-3-7-15)20(27)14-24-17-9-5-4-8-16(17)18(25)12-22-24/h1-9,12H,10-11,13-14H2,(H2,21,26). The van der Waals surface area contributed by atoms with Crippen molar-refractivity contribution in [2.45, 2.75) is 19.5 Å². The third-order valence-corrected chi connectivity index (χ3v) is 4.24. The lowest BCUT2D eigenvalue weighted by Crippen LogP contribution is -2.36. The molecule has 0 unspecified atom stereocenters. The van der Waals surface area contributed by atoms with Crippen molar-refractivity contribution in [1.82, 2.24) is 14.7 Å². The van der Waals surface area contributed by atoms with Crippen molar-refractivity contribution in [2.75, 3.05) is 6.54 Å². The van der Waals surface area contributed by atoms with Gasteiger partial charge >= 0.3 is 0 Å². The van der Waals surface area contributed by atoms with Crippen LogP contribution in [0.3, 0.4) is 0 Å². The zero-order valence-corrected chi connectivity index (χ0v) is 14.7. The molecule has 3 rings (SSSR count). The van der Waals surface area contributed by atoms with Gasteiger partial charge in [-0.1, -0.05) is 42.5 Å². The van der Waals surface area contributed by atoms with E-state index >= 15 is 0 Å². The lowest BCUT2D eigenvalue weighted by molar-refractivity contribution is -0.133. The summed E-state index contributed by atoms with van der Waals surface area (Å²) in [7, 11) is 0. The van der Waals surface area contributed by atoms with Crippen LogP contribution in [-0.2, 0) is 22.7 Å². The van der Waals surface area contributed by atoms with Crippen molar-refractivity contribution >= 4 is 22.7 Å². The molecule has 2 aromatic carbocycles. The third-order valence-electron chi connectivity index (χ3n) is 4.24. The van der Waals surface area contributed by atoms with Crippen LogP contribution in [0.1, 0.15) is 12.0 Å². The Bertz CT molecular complexity index is 1010. The van der Waals surface area contributed by atoms with E-state index in [-0.39, 0.29) is 30.8 Å². The molecule has 7 nitrogen and oxygen atoms in total. The van der Waals surface area contributed by atoms with E-state index in [1.54, 1.807) is 29.2 Å². The first-order valence-corrected chi connectivity index (χ1v) is 8.59. The number of carbonyl (C=O) groups is 2. The highest BCUT2D eigenvalue weighted by Crippen LogP contribution is 2.10. The Kier molecular flexibility index (Phi) is 5.61. The molecule has 0 atom stereocenters. The molecule has 0 bridgehead atoms. The first-order valence-electron chi connectivity index (χ1n) is 8.59. The average molecular weight is 364 g/mol. The van der Waals surface area contributed by atoms with Gasteiger partial charge in [-0.2, -0.15) is 5.10 Å². The van der Waals surface area contributed by atoms with Gasteiger partial charge in [-0.15, -0.1) is 0 Å². The minimum absolute atomic E-state index is 0.0353. The first-order chi connectivity index (χ1) is 13.0. The second kappa shape index (κ2) is 8.27. The zero-order valence-electron chi connectivity index (χ0n) is 14.7. The number of primary amides is 1.